The zero-order valence-corrected chi connectivity index (χ0v) is 9.53. The Morgan fingerprint density at radius 2 is 1.67 bits per heavy atom. The summed E-state index contributed by atoms with van der Waals surface area (Å²) in [5.41, 5.74) is 8.59. The van der Waals surface area contributed by atoms with E-state index in [1.54, 1.807) is 12.1 Å². The molecule has 2 rings (SSSR count). The largest absolute Gasteiger partial charge is 0.508 e. The average Bonchev–Trinajstić information content (AvgIpc) is 2.20. The van der Waals surface area contributed by atoms with Crippen LogP contribution in [0.25, 0.3) is 11.1 Å². The lowest BCUT2D eigenvalue weighted by Gasteiger charge is -2.06. The standard InChI is InChI=1S/C12H10BrNO/c13-9-3-6-11(12(14)7-9)8-1-4-10(15)5-2-8/h1-7,15H,14H2. The SMILES string of the molecule is Nc1cc(Br)ccc1-c1ccc(O)cc1. The Labute approximate surface area is 96.5 Å². The third kappa shape index (κ3) is 2.13. The Bertz CT molecular complexity index is 479. The smallest absolute Gasteiger partial charge is 0.115 e. The lowest BCUT2D eigenvalue weighted by molar-refractivity contribution is 0.475. The van der Waals surface area contributed by atoms with E-state index in [0.29, 0.717) is 0 Å². The third-order valence-corrected chi connectivity index (χ3v) is 2.69. The second-order valence-electron chi connectivity index (χ2n) is 3.28. The second kappa shape index (κ2) is 3.95. The van der Waals surface area contributed by atoms with E-state index in [9.17, 15) is 5.11 Å². The summed E-state index contributed by atoms with van der Waals surface area (Å²) >= 11 is 3.36. The molecule has 0 aromatic heterocycles. The van der Waals surface area contributed by atoms with Crippen LogP contribution in [0.2, 0.25) is 0 Å². The van der Waals surface area contributed by atoms with Crippen molar-refractivity contribution in [3.63, 3.8) is 0 Å². The predicted molar refractivity (Wildman–Crippen MR) is 65.7 cm³/mol. The Hall–Kier alpha value is -1.48. The normalized spacial score (nSPS) is 10.2. The van der Waals surface area contributed by atoms with Crippen molar-refractivity contribution in [3.8, 4) is 16.9 Å². The number of nitrogen functional groups attached to an aromatic ring is 1. The molecular weight excluding hydrogens is 254 g/mol. The fraction of sp³-hybridized carbons (Fsp3) is 0. The molecule has 0 radical (unpaired) electrons. The van der Waals surface area contributed by atoms with Crippen molar-refractivity contribution in [2.24, 2.45) is 0 Å². The molecule has 0 saturated heterocycles. The molecule has 0 bridgehead atoms. The lowest BCUT2D eigenvalue weighted by Crippen LogP contribution is -1.89. The molecule has 0 fully saturated rings. The maximum Gasteiger partial charge on any atom is 0.115 e. The molecule has 2 aromatic rings. The van der Waals surface area contributed by atoms with Gasteiger partial charge in [0.2, 0.25) is 0 Å². The number of phenols is 1. The van der Waals surface area contributed by atoms with Crippen molar-refractivity contribution in [1.29, 1.82) is 0 Å². The van der Waals surface area contributed by atoms with Crippen LogP contribution < -0.4 is 5.73 Å². The number of nitrogens with two attached hydrogens (primary N) is 1. The quantitative estimate of drug-likeness (QED) is 0.775. The van der Waals surface area contributed by atoms with Gasteiger partial charge in [0.1, 0.15) is 5.75 Å². The molecule has 76 valence electrons. The van der Waals surface area contributed by atoms with E-state index in [1.165, 1.54) is 0 Å². The van der Waals surface area contributed by atoms with Crippen molar-refractivity contribution >= 4 is 21.6 Å². The molecule has 15 heavy (non-hydrogen) atoms. The van der Waals surface area contributed by atoms with Crippen LogP contribution >= 0.6 is 15.9 Å². The number of hydrogen-bond acceptors (Lipinski definition) is 2. The topological polar surface area (TPSA) is 46.2 Å². The van der Waals surface area contributed by atoms with E-state index in [0.717, 1.165) is 21.3 Å². The molecule has 0 atom stereocenters. The zero-order chi connectivity index (χ0) is 10.8. The summed E-state index contributed by atoms with van der Waals surface area (Å²) < 4.78 is 0.961. The molecule has 0 aliphatic heterocycles. The average molecular weight is 264 g/mol. The van der Waals surface area contributed by atoms with Gasteiger partial charge in [0.15, 0.2) is 0 Å². The highest BCUT2D eigenvalue weighted by Crippen LogP contribution is 2.29. The van der Waals surface area contributed by atoms with Crippen LogP contribution in [0, 0.1) is 0 Å². The minimum atomic E-state index is 0.259. The van der Waals surface area contributed by atoms with Crippen molar-refractivity contribution in [2.45, 2.75) is 0 Å². The lowest BCUT2D eigenvalue weighted by atomic mass is 10.0. The highest BCUT2D eigenvalue weighted by molar-refractivity contribution is 9.10. The number of halogens is 1. The van der Waals surface area contributed by atoms with Crippen LogP contribution in [-0.4, -0.2) is 5.11 Å². The van der Waals surface area contributed by atoms with E-state index in [-0.39, 0.29) is 5.75 Å². The summed E-state index contributed by atoms with van der Waals surface area (Å²) in [5, 5.41) is 9.18. The van der Waals surface area contributed by atoms with E-state index in [4.69, 9.17) is 5.73 Å². The molecule has 0 heterocycles. The summed E-state index contributed by atoms with van der Waals surface area (Å²) in [6.07, 6.45) is 0. The minimum Gasteiger partial charge on any atom is -0.508 e. The van der Waals surface area contributed by atoms with Gasteiger partial charge in [0.25, 0.3) is 0 Å². The predicted octanol–water partition coefficient (Wildman–Crippen LogP) is 3.40. The summed E-state index contributed by atoms with van der Waals surface area (Å²) in [6.45, 7) is 0. The number of phenolic OH excluding ortho intramolecular Hbond substituents is 1. The van der Waals surface area contributed by atoms with E-state index >= 15 is 0 Å². The molecule has 2 nitrogen and oxygen atoms in total. The van der Waals surface area contributed by atoms with Gasteiger partial charge < -0.3 is 10.8 Å². The van der Waals surface area contributed by atoms with E-state index < -0.39 is 0 Å². The number of aromatic hydroxyl groups is 1. The zero-order valence-electron chi connectivity index (χ0n) is 7.94. The van der Waals surface area contributed by atoms with Crippen LogP contribution in [0.5, 0.6) is 5.75 Å². The maximum atomic E-state index is 9.18. The van der Waals surface area contributed by atoms with Crippen LogP contribution in [0.4, 0.5) is 5.69 Å². The first-order valence-electron chi connectivity index (χ1n) is 4.51. The molecule has 3 heteroatoms. The van der Waals surface area contributed by atoms with Crippen molar-refractivity contribution in [1.82, 2.24) is 0 Å². The van der Waals surface area contributed by atoms with Crippen molar-refractivity contribution in [2.75, 3.05) is 5.73 Å². The van der Waals surface area contributed by atoms with Gasteiger partial charge in [0.05, 0.1) is 0 Å². The monoisotopic (exact) mass is 263 g/mol. The molecule has 0 unspecified atom stereocenters. The number of hydrogen-bond donors (Lipinski definition) is 2. The summed E-state index contributed by atoms with van der Waals surface area (Å²) in [6, 6.07) is 12.7. The Kier molecular flexibility index (Phi) is 2.64. The van der Waals surface area contributed by atoms with Crippen molar-refractivity contribution < 1.29 is 5.11 Å². The molecule has 2 aromatic carbocycles. The summed E-state index contributed by atoms with van der Waals surface area (Å²) in [7, 11) is 0. The summed E-state index contributed by atoms with van der Waals surface area (Å²) in [5.74, 6) is 0.259. The Balaban J connectivity index is 2.49. The Morgan fingerprint density at radius 3 is 2.27 bits per heavy atom. The van der Waals surface area contributed by atoms with Gasteiger partial charge in [-0.2, -0.15) is 0 Å². The number of rotatable bonds is 1. The van der Waals surface area contributed by atoms with Gasteiger partial charge in [-0.15, -0.1) is 0 Å². The number of anilines is 1. The van der Waals surface area contributed by atoms with Crippen molar-refractivity contribution in [3.05, 3.63) is 46.9 Å². The van der Waals surface area contributed by atoms with E-state index in [2.05, 4.69) is 15.9 Å². The number of benzene rings is 2. The first-order valence-corrected chi connectivity index (χ1v) is 5.30. The highest BCUT2D eigenvalue weighted by Gasteiger charge is 2.02. The van der Waals surface area contributed by atoms with Crippen LogP contribution in [0.1, 0.15) is 0 Å². The molecule has 3 N–H and O–H groups in total. The molecule has 0 aliphatic carbocycles. The van der Waals surface area contributed by atoms with Gasteiger partial charge in [0, 0.05) is 15.7 Å². The molecule has 0 saturated carbocycles. The molecule has 0 aliphatic rings. The highest BCUT2D eigenvalue weighted by atomic mass is 79.9. The van der Waals surface area contributed by atoms with Gasteiger partial charge in [-0.05, 0) is 29.8 Å². The summed E-state index contributed by atoms with van der Waals surface area (Å²) in [4.78, 5) is 0. The fourth-order valence-electron chi connectivity index (χ4n) is 1.44. The van der Waals surface area contributed by atoms with Crippen LogP contribution in [-0.2, 0) is 0 Å². The fourth-order valence-corrected chi connectivity index (χ4v) is 1.82. The Morgan fingerprint density at radius 1 is 1.00 bits per heavy atom. The minimum absolute atomic E-state index is 0.259. The second-order valence-corrected chi connectivity index (χ2v) is 4.19. The molecule has 0 spiro atoms. The van der Waals surface area contributed by atoms with Gasteiger partial charge in [-0.25, -0.2) is 0 Å². The van der Waals surface area contributed by atoms with Crippen LogP contribution in [0.15, 0.2) is 46.9 Å². The maximum absolute atomic E-state index is 9.18. The first kappa shape index (κ1) is 10.1. The molecular formula is C12H10BrNO. The van der Waals surface area contributed by atoms with Crippen LogP contribution in [0.3, 0.4) is 0 Å². The van der Waals surface area contributed by atoms with Gasteiger partial charge >= 0.3 is 0 Å². The third-order valence-electron chi connectivity index (χ3n) is 2.19. The van der Waals surface area contributed by atoms with Gasteiger partial charge in [-0.3, -0.25) is 0 Å². The van der Waals surface area contributed by atoms with Gasteiger partial charge in [-0.1, -0.05) is 34.1 Å². The first-order chi connectivity index (χ1) is 7.16. The van der Waals surface area contributed by atoms with E-state index in [1.807, 2.05) is 30.3 Å². The molecule has 0 amide bonds.